The number of carbonyl (C=O) groups excluding carboxylic acids is 1. The van der Waals surface area contributed by atoms with Crippen LogP contribution in [-0.2, 0) is 13.0 Å². The number of anilines is 1. The fourth-order valence-electron chi connectivity index (χ4n) is 3.34. The third kappa shape index (κ3) is 5.71. The maximum Gasteiger partial charge on any atom is 0.255 e. The molecule has 0 bridgehead atoms. The molecule has 2 aromatic carbocycles. The number of amides is 1. The summed E-state index contributed by atoms with van der Waals surface area (Å²) in [6.07, 6.45) is 4.20. The molecule has 2 aromatic heterocycles. The van der Waals surface area contributed by atoms with Crippen LogP contribution in [0, 0.1) is 0 Å². The maximum absolute atomic E-state index is 12.9. The van der Waals surface area contributed by atoms with Crippen molar-refractivity contribution in [3.8, 4) is 11.3 Å². The Kier molecular flexibility index (Phi) is 7.10. The van der Waals surface area contributed by atoms with E-state index in [1.807, 2.05) is 78.9 Å². The number of hydrogen-bond acceptors (Lipinski definition) is 4. The molecule has 0 aliphatic rings. The molecule has 0 radical (unpaired) electrons. The summed E-state index contributed by atoms with van der Waals surface area (Å²) in [5.41, 5.74) is 4.35. The minimum absolute atomic E-state index is 0.189. The van der Waals surface area contributed by atoms with Crippen LogP contribution in [0.25, 0.3) is 11.3 Å². The van der Waals surface area contributed by atoms with Crippen LogP contribution in [0.15, 0.2) is 91.3 Å². The van der Waals surface area contributed by atoms with Crippen molar-refractivity contribution in [2.45, 2.75) is 13.0 Å². The van der Waals surface area contributed by atoms with Gasteiger partial charge in [0.2, 0.25) is 0 Å². The summed E-state index contributed by atoms with van der Waals surface area (Å²) in [5.74, 6) is 0.364. The minimum Gasteiger partial charge on any atom is -0.369 e. The van der Waals surface area contributed by atoms with E-state index in [1.54, 1.807) is 12.4 Å². The van der Waals surface area contributed by atoms with Crippen LogP contribution in [-0.4, -0.2) is 22.4 Å². The second-order valence-electron chi connectivity index (χ2n) is 7.31. The van der Waals surface area contributed by atoms with Crippen molar-refractivity contribution in [3.63, 3.8) is 0 Å². The molecule has 0 spiro atoms. The largest absolute Gasteiger partial charge is 0.369 e. The molecular weight excluding hydrogens is 420 g/mol. The van der Waals surface area contributed by atoms with Gasteiger partial charge in [0.05, 0.1) is 11.3 Å². The van der Waals surface area contributed by atoms with Gasteiger partial charge in [0.1, 0.15) is 5.82 Å². The van der Waals surface area contributed by atoms with Gasteiger partial charge in [-0.1, -0.05) is 60.1 Å². The van der Waals surface area contributed by atoms with E-state index in [9.17, 15) is 4.79 Å². The first-order valence-corrected chi connectivity index (χ1v) is 10.8. The Balaban J connectivity index is 1.53. The Morgan fingerprint density at radius 2 is 1.75 bits per heavy atom. The Hall–Kier alpha value is -3.70. The second kappa shape index (κ2) is 10.6. The molecule has 4 aromatic rings. The van der Waals surface area contributed by atoms with Gasteiger partial charge in [0.25, 0.3) is 5.91 Å². The molecule has 0 aliphatic heterocycles. The van der Waals surface area contributed by atoms with Crippen LogP contribution in [0.3, 0.4) is 0 Å². The quantitative estimate of drug-likeness (QED) is 0.384. The van der Waals surface area contributed by atoms with Crippen molar-refractivity contribution >= 4 is 23.3 Å². The number of rotatable bonds is 8. The zero-order valence-electron chi connectivity index (χ0n) is 17.5. The molecule has 0 fully saturated rings. The van der Waals surface area contributed by atoms with E-state index in [4.69, 9.17) is 16.6 Å². The van der Waals surface area contributed by atoms with E-state index in [2.05, 4.69) is 15.6 Å². The monoisotopic (exact) mass is 442 g/mol. The molecular formula is C26H23ClN4O. The van der Waals surface area contributed by atoms with Gasteiger partial charge in [-0.2, -0.15) is 0 Å². The van der Waals surface area contributed by atoms with Crippen molar-refractivity contribution in [1.29, 1.82) is 0 Å². The zero-order chi connectivity index (χ0) is 22.2. The first kappa shape index (κ1) is 21.5. The van der Waals surface area contributed by atoms with Gasteiger partial charge in [-0.3, -0.25) is 9.78 Å². The molecule has 32 heavy (non-hydrogen) atoms. The lowest BCUT2D eigenvalue weighted by Crippen LogP contribution is -2.24. The normalized spacial score (nSPS) is 10.5. The molecule has 1 amide bonds. The van der Waals surface area contributed by atoms with E-state index in [-0.39, 0.29) is 5.91 Å². The van der Waals surface area contributed by atoms with Crippen molar-refractivity contribution in [2.75, 3.05) is 11.9 Å². The van der Waals surface area contributed by atoms with Gasteiger partial charge in [0.15, 0.2) is 0 Å². The van der Waals surface area contributed by atoms with Crippen LogP contribution in [0.5, 0.6) is 0 Å². The van der Waals surface area contributed by atoms with E-state index in [0.29, 0.717) is 29.5 Å². The number of benzene rings is 2. The van der Waals surface area contributed by atoms with Gasteiger partial charge in [-0.05, 0) is 47.9 Å². The summed E-state index contributed by atoms with van der Waals surface area (Å²) in [4.78, 5) is 21.8. The molecule has 0 saturated carbocycles. The maximum atomic E-state index is 12.9. The lowest BCUT2D eigenvalue weighted by atomic mass is 10.1. The van der Waals surface area contributed by atoms with Crippen LogP contribution in [0.4, 0.5) is 5.82 Å². The minimum atomic E-state index is -0.189. The Labute approximate surface area is 192 Å². The summed E-state index contributed by atoms with van der Waals surface area (Å²) in [6, 6.07) is 25.1. The average Bonchev–Trinajstić information content (AvgIpc) is 2.84. The number of hydrogen-bond donors (Lipinski definition) is 2. The zero-order valence-corrected chi connectivity index (χ0v) is 18.2. The molecule has 0 unspecified atom stereocenters. The lowest BCUT2D eigenvalue weighted by Gasteiger charge is -2.13. The van der Waals surface area contributed by atoms with Gasteiger partial charge >= 0.3 is 0 Å². The van der Waals surface area contributed by atoms with Gasteiger partial charge in [0, 0.05) is 36.1 Å². The number of aromatic nitrogens is 2. The molecule has 0 atom stereocenters. The summed E-state index contributed by atoms with van der Waals surface area (Å²) in [7, 11) is 0. The van der Waals surface area contributed by atoms with E-state index >= 15 is 0 Å². The highest BCUT2D eigenvalue weighted by molar-refractivity contribution is 6.30. The molecule has 2 heterocycles. The fraction of sp³-hybridized carbons (Fsp3) is 0.115. The van der Waals surface area contributed by atoms with E-state index in [0.717, 1.165) is 28.8 Å². The summed E-state index contributed by atoms with van der Waals surface area (Å²) in [5, 5.41) is 7.01. The number of halogens is 1. The highest BCUT2D eigenvalue weighted by Crippen LogP contribution is 2.22. The fourth-order valence-corrected chi connectivity index (χ4v) is 3.56. The molecule has 160 valence electrons. The SMILES string of the molecule is O=C(NCc1cccnc1)c1ccc(-c2ccccc2)nc1NCCc1cccc(Cl)c1. The Morgan fingerprint density at radius 1 is 0.906 bits per heavy atom. The summed E-state index contributed by atoms with van der Waals surface area (Å²) in [6.45, 7) is 1.02. The van der Waals surface area contributed by atoms with Gasteiger partial charge in [-0.25, -0.2) is 4.98 Å². The van der Waals surface area contributed by atoms with Crippen LogP contribution < -0.4 is 10.6 Å². The predicted molar refractivity (Wildman–Crippen MR) is 129 cm³/mol. The number of carbonyl (C=O) groups is 1. The van der Waals surface area contributed by atoms with Crippen molar-refractivity contribution < 1.29 is 4.79 Å². The van der Waals surface area contributed by atoms with Crippen molar-refractivity contribution in [1.82, 2.24) is 15.3 Å². The highest BCUT2D eigenvalue weighted by Gasteiger charge is 2.14. The number of nitrogens with one attached hydrogen (secondary N) is 2. The third-order valence-corrected chi connectivity index (χ3v) is 5.22. The Morgan fingerprint density at radius 3 is 2.53 bits per heavy atom. The molecule has 2 N–H and O–H groups in total. The standard InChI is InChI=1S/C26H23ClN4O/c27-22-10-4-6-19(16-22)13-15-29-25-23(26(32)30-18-20-7-5-14-28-17-20)11-12-24(31-25)21-8-2-1-3-9-21/h1-12,14,16-17H,13,15,18H2,(H,29,31)(H,30,32). The summed E-state index contributed by atoms with van der Waals surface area (Å²) >= 11 is 6.09. The Bertz CT molecular complexity index is 1180. The van der Waals surface area contributed by atoms with Gasteiger partial charge in [-0.15, -0.1) is 0 Å². The van der Waals surface area contributed by atoms with Crippen LogP contribution in [0.1, 0.15) is 21.5 Å². The number of nitrogens with zero attached hydrogens (tertiary/aromatic N) is 2. The average molecular weight is 443 g/mol. The predicted octanol–water partition coefficient (Wildman–Crippen LogP) is 5.38. The molecule has 4 rings (SSSR count). The molecule has 0 saturated heterocycles. The topological polar surface area (TPSA) is 66.9 Å². The number of pyridine rings is 2. The smallest absolute Gasteiger partial charge is 0.255 e. The van der Waals surface area contributed by atoms with E-state index in [1.165, 1.54) is 0 Å². The second-order valence-corrected chi connectivity index (χ2v) is 7.75. The van der Waals surface area contributed by atoms with Crippen molar-refractivity contribution in [3.05, 3.63) is 113 Å². The lowest BCUT2D eigenvalue weighted by molar-refractivity contribution is 0.0951. The van der Waals surface area contributed by atoms with Crippen LogP contribution >= 0.6 is 11.6 Å². The molecule has 6 heteroatoms. The third-order valence-electron chi connectivity index (χ3n) is 4.98. The first-order valence-electron chi connectivity index (χ1n) is 10.4. The summed E-state index contributed by atoms with van der Waals surface area (Å²) < 4.78 is 0. The molecule has 0 aliphatic carbocycles. The molecule has 5 nitrogen and oxygen atoms in total. The van der Waals surface area contributed by atoms with Gasteiger partial charge < -0.3 is 10.6 Å². The van der Waals surface area contributed by atoms with Crippen LogP contribution in [0.2, 0.25) is 5.02 Å². The first-order chi connectivity index (χ1) is 15.7. The highest BCUT2D eigenvalue weighted by atomic mass is 35.5. The van der Waals surface area contributed by atoms with E-state index < -0.39 is 0 Å². The van der Waals surface area contributed by atoms with Crippen molar-refractivity contribution in [2.24, 2.45) is 0 Å².